The van der Waals surface area contributed by atoms with Crippen LogP contribution in [0.15, 0.2) is 0 Å². The molecule has 0 heterocycles. The third kappa shape index (κ3) is 6.13. The van der Waals surface area contributed by atoms with Crippen molar-refractivity contribution >= 4 is 10.0 Å². The van der Waals surface area contributed by atoms with Crippen LogP contribution in [0.1, 0.15) is 38.5 Å². The number of likely N-dealkylation sites (N-methyl/N-ethyl adjacent to an activating group) is 1. The largest absolute Gasteiger partial charge is 0.330 e. The Kier molecular flexibility index (Phi) is 7.14. The number of unbranched alkanes of at least 4 members (excludes halogenated alkanes) is 1. The predicted molar refractivity (Wildman–Crippen MR) is 75.0 cm³/mol. The molecule has 0 unspecified atom stereocenters. The Hall–Kier alpha value is -0.170. The SMILES string of the molecule is CN(CCNS(=O)(=O)CCCCN)C1CCCC1. The number of sulfonamides is 1. The van der Waals surface area contributed by atoms with Crippen LogP contribution in [0.3, 0.4) is 0 Å². The maximum Gasteiger partial charge on any atom is 0.211 e. The molecule has 5 nitrogen and oxygen atoms in total. The fourth-order valence-electron chi connectivity index (χ4n) is 2.41. The van der Waals surface area contributed by atoms with Crippen LogP contribution in [0.4, 0.5) is 0 Å². The normalized spacial score (nSPS) is 17.7. The number of hydrogen-bond donors (Lipinski definition) is 2. The van der Waals surface area contributed by atoms with Gasteiger partial charge in [0.2, 0.25) is 10.0 Å². The van der Waals surface area contributed by atoms with Gasteiger partial charge in [-0.2, -0.15) is 0 Å². The molecule has 6 heteroatoms. The highest BCUT2D eigenvalue weighted by molar-refractivity contribution is 7.89. The summed E-state index contributed by atoms with van der Waals surface area (Å²) in [6.07, 6.45) is 6.52. The van der Waals surface area contributed by atoms with Gasteiger partial charge in [0.15, 0.2) is 0 Å². The molecule has 0 aromatic rings. The molecule has 18 heavy (non-hydrogen) atoms. The van der Waals surface area contributed by atoms with E-state index in [9.17, 15) is 8.42 Å². The fraction of sp³-hybridized carbons (Fsp3) is 1.00. The molecule has 3 N–H and O–H groups in total. The molecular formula is C12H27N3O2S. The maximum atomic E-state index is 11.6. The Morgan fingerprint density at radius 2 is 1.94 bits per heavy atom. The Balaban J connectivity index is 2.15. The van der Waals surface area contributed by atoms with Crippen molar-refractivity contribution in [1.82, 2.24) is 9.62 Å². The zero-order valence-electron chi connectivity index (χ0n) is 11.4. The molecule has 0 bridgehead atoms. The Bertz CT molecular complexity index is 313. The number of hydrogen-bond acceptors (Lipinski definition) is 4. The zero-order chi connectivity index (χ0) is 13.4. The maximum absolute atomic E-state index is 11.6. The van der Waals surface area contributed by atoms with E-state index in [2.05, 4.69) is 16.7 Å². The quantitative estimate of drug-likeness (QED) is 0.603. The molecule has 0 aromatic carbocycles. The number of nitrogens with one attached hydrogen (secondary N) is 1. The molecule has 108 valence electrons. The summed E-state index contributed by atoms with van der Waals surface area (Å²) in [6.45, 7) is 1.86. The summed E-state index contributed by atoms with van der Waals surface area (Å²) in [4.78, 5) is 2.27. The average molecular weight is 277 g/mol. The van der Waals surface area contributed by atoms with Gasteiger partial charge in [-0.1, -0.05) is 12.8 Å². The van der Waals surface area contributed by atoms with Crippen LogP contribution in [0.5, 0.6) is 0 Å². The summed E-state index contributed by atoms with van der Waals surface area (Å²) in [7, 11) is -1.02. The van der Waals surface area contributed by atoms with E-state index >= 15 is 0 Å². The molecule has 0 radical (unpaired) electrons. The Morgan fingerprint density at radius 1 is 1.28 bits per heavy atom. The van der Waals surface area contributed by atoms with E-state index in [1.807, 2.05) is 0 Å². The van der Waals surface area contributed by atoms with Crippen LogP contribution in [-0.2, 0) is 10.0 Å². The van der Waals surface area contributed by atoms with Crippen LogP contribution in [0, 0.1) is 0 Å². The molecule has 0 amide bonds. The standard InChI is InChI=1S/C12H27N3O2S/c1-15(12-6-2-3-7-12)10-9-14-18(16,17)11-5-4-8-13/h12,14H,2-11,13H2,1H3. The smallest absolute Gasteiger partial charge is 0.211 e. The average Bonchev–Trinajstić information content (AvgIpc) is 2.82. The van der Waals surface area contributed by atoms with E-state index in [1.165, 1.54) is 25.7 Å². The Morgan fingerprint density at radius 3 is 2.56 bits per heavy atom. The molecule has 0 aromatic heterocycles. The second-order valence-electron chi connectivity index (χ2n) is 5.13. The molecule has 0 saturated heterocycles. The predicted octanol–water partition coefficient (Wildman–Crippen LogP) is 0.519. The minimum absolute atomic E-state index is 0.192. The summed E-state index contributed by atoms with van der Waals surface area (Å²) in [5.74, 6) is 0.192. The summed E-state index contributed by atoms with van der Waals surface area (Å²) in [5, 5.41) is 0. The van der Waals surface area contributed by atoms with Gasteiger partial charge in [0.05, 0.1) is 5.75 Å². The highest BCUT2D eigenvalue weighted by Gasteiger charge is 2.19. The second kappa shape index (κ2) is 8.09. The van der Waals surface area contributed by atoms with E-state index in [0.29, 0.717) is 25.6 Å². The van der Waals surface area contributed by atoms with E-state index in [0.717, 1.165) is 13.0 Å². The first kappa shape index (κ1) is 15.9. The second-order valence-corrected chi connectivity index (χ2v) is 7.05. The van der Waals surface area contributed by atoms with Gasteiger partial charge in [-0.15, -0.1) is 0 Å². The molecule has 0 aliphatic heterocycles. The van der Waals surface area contributed by atoms with Gasteiger partial charge >= 0.3 is 0 Å². The first-order valence-corrected chi connectivity index (χ1v) is 8.58. The zero-order valence-corrected chi connectivity index (χ0v) is 12.2. The fourth-order valence-corrected chi connectivity index (χ4v) is 3.54. The lowest BCUT2D eigenvalue weighted by atomic mass is 10.2. The third-order valence-corrected chi connectivity index (χ3v) is 5.07. The van der Waals surface area contributed by atoms with Gasteiger partial charge in [-0.25, -0.2) is 13.1 Å². The number of nitrogens with zero attached hydrogens (tertiary/aromatic N) is 1. The van der Waals surface area contributed by atoms with E-state index in [-0.39, 0.29) is 5.75 Å². The van der Waals surface area contributed by atoms with E-state index < -0.39 is 10.0 Å². The van der Waals surface area contributed by atoms with Crippen molar-refractivity contribution in [1.29, 1.82) is 0 Å². The van der Waals surface area contributed by atoms with E-state index in [1.54, 1.807) is 0 Å². The minimum atomic E-state index is -3.11. The lowest BCUT2D eigenvalue weighted by molar-refractivity contribution is 0.250. The topological polar surface area (TPSA) is 75.4 Å². The lowest BCUT2D eigenvalue weighted by Gasteiger charge is -2.23. The molecule has 0 atom stereocenters. The van der Waals surface area contributed by atoms with Crippen LogP contribution in [-0.4, -0.2) is 51.8 Å². The van der Waals surface area contributed by atoms with Crippen LogP contribution >= 0.6 is 0 Å². The van der Waals surface area contributed by atoms with Gasteiger partial charge in [0.25, 0.3) is 0 Å². The molecule has 1 rings (SSSR count). The molecule has 1 aliphatic carbocycles. The monoisotopic (exact) mass is 277 g/mol. The van der Waals surface area contributed by atoms with Crippen molar-refractivity contribution in [3.63, 3.8) is 0 Å². The highest BCUT2D eigenvalue weighted by atomic mass is 32.2. The number of nitrogens with two attached hydrogens (primary N) is 1. The number of rotatable bonds is 9. The van der Waals surface area contributed by atoms with Gasteiger partial charge in [-0.3, -0.25) is 0 Å². The van der Waals surface area contributed by atoms with Crippen molar-refractivity contribution in [2.24, 2.45) is 5.73 Å². The molecule has 1 aliphatic rings. The molecule has 1 saturated carbocycles. The van der Waals surface area contributed by atoms with Crippen molar-refractivity contribution in [3.8, 4) is 0 Å². The molecular weight excluding hydrogens is 250 g/mol. The first-order chi connectivity index (χ1) is 8.55. The van der Waals surface area contributed by atoms with Gasteiger partial charge in [-0.05, 0) is 39.3 Å². The van der Waals surface area contributed by atoms with Crippen molar-refractivity contribution in [2.45, 2.75) is 44.6 Å². The van der Waals surface area contributed by atoms with Crippen molar-refractivity contribution in [3.05, 3.63) is 0 Å². The Labute approximate surface area is 111 Å². The summed E-state index contributed by atoms with van der Waals surface area (Å²) < 4.78 is 25.9. The summed E-state index contributed by atoms with van der Waals surface area (Å²) in [5.41, 5.74) is 5.35. The first-order valence-electron chi connectivity index (χ1n) is 6.93. The van der Waals surface area contributed by atoms with Crippen LogP contribution in [0.25, 0.3) is 0 Å². The lowest BCUT2D eigenvalue weighted by Crippen LogP contribution is -2.38. The highest BCUT2D eigenvalue weighted by Crippen LogP contribution is 2.21. The summed E-state index contributed by atoms with van der Waals surface area (Å²) >= 11 is 0. The van der Waals surface area contributed by atoms with Gasteiger partial charge in [0, 0.05) is 19.1 Å². The molecule has 1 fully saturated rings. The third-order valence-electron chi connectivity index (χ3n) is 3.60. The van der Waals surface area contributed by atoms with Gasteiger partial charge < -0.3 is 10.6 Å². The van der Waals surface area contributed by atoms with Crippen molar-refractivity contribution in [2.75, 3.05) is 32.4 Å². The van der Waals surface area contributed by atoms with Gasteiger partial charge in [0.1, 0.15) is 0 Å². The summed E-state index contributed by atoms with van der Waals surface area (Å²) in [6, 6.07) is 0.645. The van der Waals surface area contributed by atoms with Crippen LogP contribution in [0.2, 0.25) is 0 Å². The van der Waals surface area contributed by atoms with E-state index in [4.69, 9.17) is 5.73 Å². The van der Waals surface area contributed by atoms with Crippen molar-refractivity contribution < 1.29 is 8.42 Å². The van der Waals surface area contributed by atoms with Crippen LogP contribution < -0.4 is 10.5 Å². The molecule has 0 spiro atoms. The minimum Gasteiger partial charge on any atom is -0.330 e.